The highest BCUT2D eigenvalue weighted by atomic mass is 35.5. The second-order valence-corrected chi connectivity index (χ2v) is 4.62. The van der Waals surface area contributed by atoms with E-state index in [1.807, 2.05) is 12.3 Å². The van der Waals surface area contributed by atoms with Gasteiger partial charge in [0.25, 0.3) is 0 Å². The van der Waals surface area contributed by atoms with Gasteiger partial charge in [0.1, 0.15) is 0 Å². The zero-order chi connectivity index (χ0) is 12.1. The topological polar surface area (TPSA) is 35.0 Å². The molecule has 0 aliphatic heterocycles. The third-order valence-electron chi connectivity index (χ3n) is 2.77. The van der Waals surface area contributed by atoms with Crippen LogP contribution in [0.5, 0.6) is 0 Å². The number of ether oxygens (including phenoxy) is 1. The molecule has 0 spiro atoms. The molecule has 1 aliphatic carbocycles. The zero-order valence-corrected chi connectivity index (χ0v) is 10.8. The summed E-state index contributed by atoms with van der Waals surface area (Å²) in [5, 5.41) is 0.294. The van der Waals surface area contributed by atoms with Crippen molar-refractivity contribution in [3.8, 4) is 0 Å². The molecule has 0 saturated heterocycles. The summed E-state index contributed by atoms with van der Waals surface area (Å²) in [6.07, 6.45) is 10.1. The molecule has 0 aromatic carbocycles. The fraction of sp³-hybridized carbons (Fsp3) is 0.538. The Morgan fingerprint density at radius 1 is 1.53 bits per heavy atom. The van der Waals surface area contributed by atoms with Crippen molar-refractivity contribution < 1.29 is 4.74 Å². The van der Waals surface area contributed by atoms with E-state index in [4.69, 9.17) is 16.3 Å². The van der Waals surface area contributed by atoms with Crippen molar-refractivity contribution in [3.05, 3.63) is 29.0 Å². The molecule has 0 amide bonds. The maximum Gasteiger partial charge on any atom is 0.222 e. The minimum absolute atomic E-state index is 0.294. The Morgan fingerprint density at radius 3 is 3.06 bits per heavy atom. The highest BCUT2D eigenvalue weighted by Crippen LogP contribution is 2.41. The van der Waals surface area contributed by atoms with Crippen LogP contribution in [0.25, 0.3) is 6.08 Å². The maximum atomic E-state index is 5.81. The molecule has 0 unspecified atom stereocenters. The van der Waals surface area contributed by atoms with Gasteiger partial charge in [-0.05, 0) is 48.4 Å². The minimum Gasteiger partial charge on any atom is -0.501 e. The number of hydrogen-bond acceptors (Lipinski definition) is 3. The van der Waals surface area contributed by atoms with E-state index in [2.05, 4.69) is 16.9 Å². The van der Waals surface area contributed by atoms with Crippen LogP contribution in [0.15, 0.2) is 12.5 Å². The van der Waals surface area contributed by atoms with E-state index in [-0.39, 0.29) is 0 Å². The first kappa shape index (κ1) is 12.4. The van der Waals surface area contributed by atoms with Crippen LogP contribution in [0.1, 0.15) is 49.8 Å². The molecule has 0 N–H and O–H groups in total. The van der Waals surface area contributed by atoms with E-state index < -0.39 is 0 Å². The SMILES string of the molecule is CCCCOC=Cc1nc(Cl)ncc1C1CC1. The monoisotopic (exact) mass is 252 g/mol. The van der Waals surface area contributed by atoms with Crippen molar-refractivity contribution in [3.63, 3.8) is 0 Å². The molecule has 4 heteroatoms. The summed E-state index contributed by atoms with van der Waals surface area (Å²) in [5.74, 6) is 0.613. The Kier molecular flexibility index (Phi) is 4.37. The molecule has 1 aromatic heterocycles. The average Bonchev–Trinajstić information content (AvgIpc) is 3.13. The van der Waals surface area contributed by atoms with E-state index in [9.17, 15) is 0 Å². The first-order chi connectivity index (χ1) is 8.31. The average molecular weight is 253 g/mol. The van der Waals surface area contributed by atoms with Crippen LogP contribution >= 0.6 is 11.6 Å². The smallest absolute Gasteiger partial charge is 0.222 e. The number of halogens is 1. The largest absolute Gasteiger partial charge is 0.501 e. The van der Waals surface area contributed by atoms with Crippen molar-refractivity contribution in [1.29, 1.82) is 0 Å². The third-order valence-corrected chi connectivity index (χ3v) is 2.96. The third kappa shape index (κ3) is 3.70. The molecule has 3 nitrogen and oxygen atoms in total. The Balaban J connectivity index is 2.00. The van der Waals surface area contributed by atoms with E-state index >= 15 is 0 Å². The molecule has 2 rings (SSSR count). The Labute approximate surface area is 107 Å². The number of aromatic nitrogens is 2. The van der Waals surface area contributed by atoms with Crippen LogP contribution in [0.2, 0.25) is 5.28 Å². The summed E-state index contributed by atoms with van der Waals surface area (Å²) in [7, 11) is 0. The van der Waals surface area contributed by atoms with E-state index in [1.54, 1.807) is 6.26 Å². The number of nitrogens with zero attached hydrogens (tertiary/aromatic N) is 2. The van der Waals surface area contributed by atoms with Crippen LogP contribution in [-0.4, -0.2) is 16.6 Å². The van der Waals surface area contributed by atoms with E-state index in [0.29, 0.717) is 11.2 Å². The lowest BCUT2D eigenvalue weighted by Crippen LogP contribution is -1.94. The number of hydrogen-bond donors (Lipinski definition) is 0. The van der Waals surface area contributed by atoms with E-state index in [1.165, 1.54) is 18.4 Å². The van der Waals surface area contributed by atoms with Crippen molar-refractivity contribution in [2.75, 3.05) is 6.61 Å². The van der Waals surface area contributed by atoms with Crippen LogP contribution in [0.4, 0.5) is 0 Å². The molecule has 1 heterocycles. The first-order valence-electron chi connectivity index (χ1n) is 6.12. The second-order valence-electron chi connectivity index (χ2n) is 4.28. The molecule has 1 saturated carbocycles. The predicted octanol–water partition coefficient (Wildman–Crippen LogP) is 3.79. The summed E-state index contributed by atoms with van der Waals surface area (Å²) < 4.78 is 5.39. The quantitative estimate of drug-likeness (QED) is 0.439. The Bertz CT molecular complexity index is 402. The molecule has 1 fully saturated rings. The molecular formula is C13H17ClN2O. The molecule has 1 aliphatic rings. The van der Waals surface area contributed by atoms with E-state index in [0.717, 1.165) is 25.1 Å². The number of rotatable bonds is 6. The standard InChI is InChI=1S/C13H17ClN2O/c1-2-3-7-17-8-6-12-11(10-4-5-10)9-15-13(14)16-12/h6,8-10H,2-5,7H2,1H3. The molecule has 17 heavy (non-hydrogen) atoms. The molecule has 0 radical (unpaired) electrons. The lowest BCUT2D eigenvalue weighted by Gasteiger charge is -2.03. The lowest BCUT2D eigenvalue weighted by atomic mass is 10.1. The Hall–Kier alpha value is -1.09. The summed E-state index contributed by atoms with van der Waals surface area (Å²) >= 11 is 5.81. The van der Waals surface area contributed by atoms with Crippen LogP contribution in [-0.2, 0) is 4.74 Å². The fourth-order valence-corrected chi connectivity index (χ4v) is 1.77. The van der Waals surface area contributed by atoms with Crippen molar-refractivity contribution >= 4 is 17.7 Å². The fourth-order valence-electron chi connectivity index (χ4n) is 1.63. The van der Waals surface area contributed by atoms with Gasteiger partial charge in [0.05, 0.1) is 18.6 Å². The zero-order valence-electron chi connectivity index (χ0n) is 10.0. The van der Waals surface area contributed by atoms with Crippen molar-refractivity contribution in [1.82, 2.24) is 9.97 Å². The van der Waals surface area contributed by atoms with Gasteiger partial charge in [-0.2, -0.15) is 0 Å². The lowest BCUT2D eigenvalue weighted by molar-refractivity contribution is 0.246. The molecule has 1 aromatic rings. The van der Waals surface area contributed by atoms with Gasteiger partial charge in [-0.3, -0.25) is 0 Å². The number of unbranched alkanes of at least 4 members (excludes halogenated alkanes) is 1. The van der Waals surface area contributed by atoms with Gasteiger partial charge in [0.2, 0.25) is 5.28 Å². The summed E-state index contributed by atoms with van der Waals surface area (Å²) in [4.78, 5) is 8.28. The molecule has 0 bridgehead atoms. The van der Waals surface area contributed by atoms with Gasteiger partial charge < -0.3 is 4.74 Å². The van der Waals surface area contributed by atoms with Gasteiger partial charge in [0, 0.05) is 6.20 Å². The van der Waals surface area contributed by atoms with Gasteiger partial charge in [0.15, 0.2) is 0 Å². The molecule has 0 atom stereocenters. The van der Waals surface area contributed by atoms with Crippen LogP contribution in [0, 0.1) is 0 Å². The van der Waals surface area contributed by atoms with Crippen LogP contribution in [0.3, 0.4) is 0 Å². The minimum atomic E-state index is 0.294. The molecular weight excluding hydrogens is 236 g/mol. The van der Waals surface area contributed by atoms with Gasteiger partial charge in [-0.1, -0.05) is 13.3 Å². The van der Waals surface area contributed by atoms with Gasteiger partial charge in [-0.25, -0.2) is 9.97 Å². The second kappa shape index (κ2) is 6.01. The first-order valence-corrected chi connectivity index (χ1v) is 6.49. The summed E-state index contributed by atoms with van der Waals surface area (Å²) in [6.45, 7) is 2.90. The highest BCUT2D eigenvalue weighted by molar-refractivity contribution is 6.28. The summed E-state index contributed by atoms with van der Waals surface area (Å²) in [5.41, 5.74) is 2.08. The normalized spacial score (nSPS) is 15.4. The Morgan fingerprint density at radius 2 is 2.35 bits per heavy atom. The summed E-state index contributed by atoms with van der Waals surface area (Å²) in [6, 6.07) is 0. The van der Waals surface area contributed by atoms with Crippen LogP contribution < -0.4 is 0 Å². The van der Waals surface area contributed by atoms with Crippen molar-refractivity contribution in [2.45, 2.75) is 38.5 Å². The highest BCUT2D eigenvalue weighted by Gasteiger charge is 2.26. The predicted molar refractivity (Wildman–Crippen MR) is 68.9 cm³/mol. The maximum absolute atomic E-state index is 5.81. The van der Waals surface area contributed by atoms with Gasteiger partial charge in [-0.15, -0.1) is 0 Å². The van der Waals surface area contributed by atoms with Crippen molar-refractivity contribution in [2.24, 2.45) is 0 Å². The molecule has 92 valence electrons. The van der Waals surface area contributed by atoms with Gasteiger partial charge >= 0.3 is 0 Å².